The van der Waals surface area contributed by atoms with Crippen LogP contribution in [0.5, 0.6) is 0 Å². The van der Waals surface area contributed by atoms with E-state index in [0.29, 0.717) is 5.92 Å². The number of amides is 1. The van der Waals surface area contributed by atoms with E-state index in [9.17, 15) is 9.90 Å². The molecular weight excluding hydrogens is 300 g/mol. The first-order chi connectivity index (χ1) is 11.8. The Labute approximate surface area is 142 Å². The lowest BCUT2D eigenvalue weighted by atomic mass is 9.86. The number of H-pyrrole nitrogens is 1. The summed E-state index contributed by atoms with van der Waals surface area (Å²) in [5, 5.41) is 13.8. The molecule has 1 aromatic carbocycles. The largest absolute Gasteiger partial charge is 0.396 e. The van der Waals surface area contributed by atoms with E-state index in [1.807, 2.05) is 12.1 Å². The molecule has 2 aliphatic carbocycles. The number of rotatable bonds is 3. The van der Waals surface area contributed by atoms with Gasteiger partial charge in [-0.1, -0.05) is 18.6 Å². The molecule has 1 amide bonds. The average molecular weight is 326 g/mol. The quantitative estimate of drug-likeness (QED) is 0.810. The van der Waals surface area contributed by atoms with E-state index in [1.165, 1.54) is 29.5 Å². The van der Waals surface area contributed by atoms with Gasteiger partial charge in [-0.25, -0.2) is 0 Å². The van der Waals surface area contributed by atoms with Gasteiger partial charge in [0, 0.05) is 23.7 Å². The monoisotopic (exact) mass is 326 g/mol. The number of hydrogen-bond acceptors (Lipinski definition) is 2. The molecule has 0 bridgehead atoms. The van der Waals surface area contributed by atoms with Crippen LogP contribution >= 0.6 is 0 Å². The molecule has 3 N–H and O–H groups in total. The number of aliphatic hydroxyl groups is 1. The molecule has 2 aromatic rings. The molecule has 4 nitrogen and oxygen atoms in total. The summed E-state index contributed by atoms with van der Waals surface area (Å²) in [5.74, 6) is 0.348. The molecular formula is C20H26N2O2. The first-order valence-electron chi connectivity index (χ1n) is 9.30. The number of nitrogens with one attached hydrogen (secondary N) is 2. The van der Waals surface area contributed by atoms with Crippen molar-refractivity contribution >= 4 is 16.8 Å². The lowest BCUT2D eigenvalue weighted by Gasteiger charge is -2.28. The Kier molecular flexibility index (Phi) is 4.31. The molecule has 128 valence electrons. The molecule has 1 saturated carbocycles. The summed E-state index contributed by atoms with van der Waals surface area (Å²) in [5.41, 5.74) is 4.47. The van der Waals surface area contributed by atoms with Gasteiger partial charge in [-0.05, 0) is 62.5 Å². The topological polar surface area (TPSA) is 65.1 Å². The number of hydrogen-bond donors (Lipinski definition) is 3. The highest BCUT2D eigenvalue weighted by atomic mass is 16.3. The zero-order valence-electron chi connectivity index (χ0n) is 14.1. The van der Waals surface area contributed by atoms with Gasteiger partial charge in [0.2, 0.25) is 0 Å². The Bertz CT molecular complexity index is 749. The van der Waals surface area contributed by atoms with Gasteiger partial charge in [-0.15, -0.1) is 0 Å². The van der Waals surface area contributed by atoms with Gasteiger partial charge in [0.25, 0.3) is 5.91 Å². The molecule has 4 heteroatoms. The molecule has 24 heavy (non-hydrogen) atoms. The number of fused-ring (bicyclic) bond motifs is 3. The predicted molar refractivity (Wildman–Crippen MR) is 95.2 cm³/mol. The summed E-state index contributed by atoms with van der Waals surface area (Å²) in [6.45, 7) is 0.227. The van der Waals surface area contributed by atoms with Crippen molar-refractivity contribution < 1.29 is 9.90 Å². The van der Waals surface area contributed by atoms with Crippen molar-refractivity contribution in [3.05, 3.63) is 35.0 Å². The molecule has 0 unspecified atom stereocenters. The second-order valence-electron chi connectivity index (χ2n) is 7.40. The second-order valence-corrected chi connectivity index (χ2v) is 7.40. The highest BCUT2D eigenvalue weighted by Crippen LogP contribution is 2.31. The molecule has 0 aliphatic heterocycles. The first-order valence-corrected chi connectivity index (χ1v) is 9.30. The molecule has 0 radical (unpaired) electrons. The summed E-state index contributed by atoms with van der Waals surface area (Å²) in [6, 6.07) is 6.24. The third kappa shape index (κ3) is 2.84. The smallest absolute Gasteiger partial charge is 0.253 e. The van der Waals surface area contributed by atoms with E-state index in [0.717, 1.165) is 49.6 Å². The summed E-state index contributed by atoms with van der Waals surface area (Å²) in [4.78, 5) is 16.4. The van der Waals surface area contributed by atoms with Gasteiger partial charge in [-0.3, -0.25) is 4.79 Å². The van der Waals surface area contributed by atoms with Crippen molar-refractivity contribution in [1.82, 2.24) is 10.3 Å². The number of aryl methyl sites for hydroxylation is 2. The maximum absolute atomic E-state index is 12.8. The molecule has 4 rings (SSSR count). The van der Waals surface area contributed by atoms with Crippen LogP contribution in [0.2, 0.25) is 0 Å². The third-order valence-corrected chi connectivity index (χ3v) is 5.75. The van der Waals surface area contributed by atoms with E-state index < -0.39 is 0 Å². The van der Waals surface area contributed by atoms with Crippen LogP contribution in [0.3, 0.4) is 0 Å². The summed E-state index contributed by atoms with van der Waals surface area (Å²) < 4.78 is 0. The molecule has 0 saturated heterocycles. The summed E-state index contributed by atoms with van der Waals surface area (Å²) in [6.07, 6.45) is 8.72. The standard InChI is InChI=1S/C20H26N2O2/c23-12-13-5-3-6-14(11-13)21-20(24)17-9-4-8-16-15-7-1-2-10-18(15)22-19(16)17/h4,8-9,13-14,22-23H,1-3,5-7,10-12H2,(H,21,24)/t13-,14-/m1/s1. The van der Waals surface area contributed by atoms with Gasteiger partial charge in [-0.2, -0.15) is 0 Å². The fourth-order valence-electron chi connectivity index (χ4n) is 4.47. The Balaban J connectivity index is 1.59. The van der Waals surface area contributed by atoms with Gasteiger partial charge >= 0.3 is 0 Å². The van der Waals surface area contributed by atoms with Crippen molar-refractivity contribution in [3.8, 4) is 0 Å². The second kappa shape index (κ2) is 6.60. The number of benzene rings is 1. The number of para-hydroxylation sites is 1. The lowest BCUT2D eigenvalue weighted by molar-refractivity contribution is 0.0907. The minimum atomic E-state index is 0.0165. The van der Waals surface area contributed by atoms with Crippen molar-refractivity contribution in [1.29, 1.82) is 0 Å². The van der Waals surface area contributed by atoms with E-state index in [1.54, 1.807) is 0 Å². The minimum absolute atomic E-state index is 0.0165. The molecule has 1 heterocycles. The Morgan fingerprint density at radius 2 is 2.08 bits per heavy atom. The van der Waals surface area contributed by atoms with Crippen LogP contribution in [-0.2, 0) is 12.8 Å². The number of aliphatic hydroxyl groups excluding tert-OH is 1. The van der Waals surface area contributed by atoms with Crippen molar-refractivity contribution in [2.45, 2.75) is 57.4 Å². The van der Waals surface area contributed by atoms with Crippen LogP contribution in [-0.4, -0.2) is 28.6 Å². The van der Waals surface area contributed by atoms with Crippen LogP contribution in [0.15, 0.2) is 18.2 Å². The third-order valence-electron chi connectivity index (χ3n) is 5.75. The molecule has 1 fully saturated rings. The molecule has 2 atom stereocenters. The van der Waals surface area contributed by atoms with Gasteiger partial charge in [0.15, 0.2) is 0 Å². The zero-order valence-corrected chi connectivity index (χ0v) is 14.1. The lowest BCUT2D eigenvalue weighted by Crippen LogP contribution is -2.39. The number of carbonyl (C=O) groups is 1. The maximum Gasteiger partial charge on any atom is 0.253 e. The van der Waals surface area contributed by atoms with E-state index in [-0.39, 0.29) is 18.6 Å². The Morgan fingerprint density at radius 1 is 1.21 bits per heavy atom. The number of aromatic nitrogens is 1. The highest BCUT2D eigenvalue weighted by Gasteiger charge is 2.25. The van der Waals surface area contributed by atoms with Gasteiger partial charge in [0.05, 0.1) is 11.1 Å². The van der Waals surface area contributed by atoms with Crippen LogP contribution in [0.25, 0.3) is 10.9 Å². The maximum atomic E-state index is 12.8. The molecule has 0 spiro atoms. The summed E-state index contributed by atoms with van der Waals surface area (Å²) in [7, 11) is 0. The van der Waals surface area contributed by atoms with E-state index in [4.69, 9.17) is 0 Å². The van der Waals surface area contributed by atoms with Crippen LogP contribution in [0.4, 0.5) is 0 Å². The average Bonchev–Trinajstić information content (AvgIpc) is 3.00. The van der Waals surface area contributed by atoms with Crippen LogP contribution < -0.4 is 5.32 Å². The normalized spacial score (nSPS) is 23.9. The first kappa shape index (κ1) is 15.7. The number of carbonyl (C=O) groups excluding carboxylic acids is 1. The summed E-state index contributed by atoms with van der Waals surface area (Å²) >= 11 is 0. The number of aromatic amines is 1. The Hall–Kier alpha value is -1.81. The van der Waals surface area contributed by atoms with Gasteiger partial charge < -0.3 is 15.4 Å². The fourth-order valence-corrected chi connectivity index (χ4v) is 4.47. The predicted octanol–water partition coefficient (Wildman–Crippen LogP) is 3.33. The van der Waals surface area contributed by atoms with Crippen molar-refractivity contribution in [3.63, 3.8) is 0 Å². The Morgan fingerprint density at radius 3 is 2.96 bits per heavy atom. The molecule has 2 aliphatic rings. The van der Waals surface area contributed by atoms with Crippen molar-refractivity contribution in [2.24, 2.45) is 5.92 Å². The van der Waals surface area contributed by atoms with Crippen LogP contribution in [0.1, 0.15) is 60.1 Å². The van der Waals surface area contributed by atoms with Gasteiger partial charge in [0.1, 0.15) is 0 Å². The molecule has 1 aromatic heterocycles. The SMILES string of the molecule is O=C(N[C@@H]1CCC[C@@H](CO)C1)c1cccc2c3c([nH]c12)CCCC3. The zero-order chi connectivity index (χ0) is 16.5. The van der Waals surface area contributed by atoms with E-state index >= 15 is 0 Å². The van der Waals surface area contributed by atoms with E-state index in [2.05, 4.69) is 16.4 Å². The minimum Gasteiger partial charge on any atom is -0.396 e. The fraction of sp³-hybridized carbons (Fsp3) is 0.550. The van der Waals surface area contributed by atoms with Crippen LogP contribution in [0, 0.1) is 5.92 Å². The highest BCUT2D eigenvalue weighted by molar-refractivity contribution is 6.07. The van der Waals surface area contributed by atoms with Crippen molar-refractivity contribution in [2.75, 3.05) is 6.61 Å².